The van der Waals surface area contributed by atoms with E-state index < -0.39 is 17.2 Å². The van der Waals surface area contributed by atoms with Gasteiger partial charge in [-0.1, -0.05) is 5.16 Å². The third-order valence-corrected chi connectivity index (χ3v) is 3.85. The topological polar surface area (TPSA) is 121 Å². The van der Waals surface area contributed by atoms with Crippen molar-refractivity contribution in [2.24, 2.45) is 14.1 Å². The summed E-state index contributed by atoms with van der Waals surface area (Å²) in [6.45, 7) is 0.675. The van der Waals surface area contributed by atoms with E-state index in [2.05, 4.69) is 15.5 Å². The molecule has 24 heavy (non-hydrogen) atoms. The molecule has 0 bridgehead atoms. The van der Waals surface area contributed by atoms with Gasteiger partial charge in [0.15, 0.2) is 5.82 Å². The number of nitrogens with one attached hydrogen (secondary N) is 1. The lowest BCUT2D eigenvalue weighted by Gasteiger charge is -2.08. The Labute approximate surface area is 136 Å². The quantitative estimate of drug-likeness (QED) is 0.780. The summed E-state index contributed by atoms with van der Waals surface area (Å²) in [6.07, 6.45) is 1.57. The molecule has 10 heteroatoms. The van der Waals surface area contributed by atoms with Crippen molar-refractivity contribution in [2.45, 2.75) is 25.5 Å². The summed E-state index contributed by atoms with van der Waals surface area (Å²) in [5.41, 5.74) is -1.16. The maximum absolute atomic E-state index is 12.2. The molecule has 0 radical (unpaired) electrons. The second-order valence-corrected chi connectivity index (χ2v) is 5.50. The largest absolute Gasteiger partial charge is 0.368 e. The number of ether oxygens (including phenoxy) is 1. The summed E-state index contributed by atoms with van der Waals surface area (Å²) in [5.74, 6) is 0.108. The van der Waals surface area contributed by atoms with E-state index >= 15 is 0 Å². The average Bonchev–Trinajstić information content (AvgIpc) is 3.24. The van der Waals surface area contributed by atoms with Gasteiger partial charge < -0.3 is 14.6 Å². The molecule has 10 nitrogen and oxygen atoms in total. The molecule has 3 heterocycles. The molecule has 2 aromatic heterocycles. The number of amides is 1. The standard InChI is InChI=1S/C14H17N5O5/c1-18-8(6-11(20)19(2)14(18)22)12(21)15-7-10-16-13(24-17-10)9-4-3-5-23-9/h6,9H,3-5,7H2,1-2H3,(H,15,21)/t9-/m1/s1. The Hall–Kier alpha value is -2.75. The molecule has 1 aliphatic heterocycles. The van der Waals surface area contributed by atoms with Crippen molar-refractivity contribution in [3.8, 4) is 0 Å². The fourth-order valence-electron chi connectivity index (χ4n) is 2.44. The highest BCUT2D eigenvalue weighted by Crippen LogP contribution is 2.26. The van der Waals surface area contributed by atoms with Crippen molar-refractivity contribution in [3.63, 3.8) is 0 Å². The summed E-state index contributed by atoms with van der Waals surface area (Å²) < 4.78 is 12.6. The van der Waals surface area contributed by atoms with Crippen LogP contribution in [0.4, 0.5) is 0 Å². The fourth-order valence-corrected chi connectivity index (χ4v) is 2.44. The number of carbonyl (C=O) groups excluding carboxylic acids is 1. The van der Waals surface area contributed by atoms with Crippen LogP contribution in [0.2, 0.25) is 0 Å². The monoisotopic (exact) mass is 335 g/mol. The Morgan fingerprint density at radius 3 is 2.88 bits per heavy atom. The van der Waals surface area contributed by atoms with Gasteiger partial charge in [0, 0.05) is 26.8 Å². The van der Waals surface area contributed by atoms with Crippen LogP contribution in [0.3, 0.4) is 0 Å². The smallest absolute Gasteiger partial charge is 0.331 e. The van der Waals surface area contributed by atoms with Crippen LogP contribution in [0.15, 0.2) is 20.2 Å². The van der Waals surface area contributed by atoms with Crippen LogP contribution in [-0.2, 0) is 25.4 Å². The van der Waals surface area contributed by atoms with Gasteiger partial charge in [-0.25, -0.2) is 4.79 Å². The zero-order valence-electron chi connectivity index (χ0n) is 13.3. The van der Waals surface area contributed by atoms with Crippen LogP contribution in [0.1, 0.15) is 41.1 Å². The molecule has 0 unspecified atom stereocenters. The van der Waals surface area contributed by atoms with Crippen molar-refractivity contribution in [1.29, 1.82) is 0 Å². The van der Waals surface area contributed by atoms with Crippen LogP contribution in [0, 0.1) is 0 Å². The summed E-state index contributed by atoms with van der Waals surface area (Å²) in [5, 5.41) is 6.34. The molecule has 1 saturated heterocycles. The van der Waals surface area contributed by atoms with Gasteiger partial charge in [0.25, 0.3) is 17.4 Å². The van der Waals surface area contributed by atoms with E-state index in [1.165, 1.54) is 14.1 Å². The summed E-state index contributed by atoms with van der Waals surface area (Å²) >= 11 is 0. The van der Waals surface area contributed by atoms with Crippen molar-refractivity contribution >= 4 is 5.91 Å². The molecule has 1 aliphatic rings. The Morgan fingerprint density at radius 1 is 1.38 bits per heavy atom. The van der Waals surface area contributed by atoms with Gasteiger partial charge in [-0.3, -0.25) is 18.7 Å². The second kappa shape index (κ2) is 6.40. The summed E-state index contributed by atoms with van der Waals surface area (Å²) in [6, 6.07) is 1.10. The molecule has 2 aromatic rings. The van der Waals surface area contributed by atoms with Gasteiger partial charge in [-0.05, 0) is 12.8 Å². The molecular formula is C14H17N5O5. The Bertz CT molecular complexity index is 874. The maximum Gasteiger partial charge on any atom is 0.331 e. The molecule has 0 saturated carbocycles. The first-order chi connectivity index (χ1) is 11.5. The van der Waals surface area contributed by atoms with Crippen molar-refractivity contribution in [3.05, 3.63) is 44.3 Å². The number of carbonyl (C=O) groups is 1. The molecule has 0 aliphatic carbocycles. The lowest BCUT2D eigenvalue weighted by atomic mass is 10.2. The minimum absolute atomic E-state index is 0.0124. The molecule has 128 valence electrons. The Morgan fingerprint density at radius 2 is 2.17 bits per heavy atom. The van der Waals surface area contributed by atoms with Crippen LogP contribution in [0.5, 0.6) is 0 Å². The van der Waals surface area contributed by atoms with Gasteiger partial charge >= 0.3 is 5.69 Å². The highest BCUT2D eigenvalue weighted by atomic mass is 16.5. The number of aromatic nitrogens is 4. The van der Waals surface area contributed by atoms with Crippen molar-refractivity contribution in [1.82, 2.24) is 24.6 Å². The van der Waals surface area contributed by atoms with E-state index in [0.717, 1.165) is 28.0 Å². The lowest BCUT2D eigenvalue weighted by Crippen LogP contribution is -2.41. The van der Waals surface area contributed by atoms with E-state index in [0.29, 0.717) is 18.3 Å². The predicted molar refractivity (Wildman–Crippen MR) is 80.3 cm³/mol. The first kappa shape index (κ1) is 16.1. The molecule has 0 spiro atoms. The van der Waals surface area contributed by atoms with Crippen LogP contribution < -0.4 is 16.6 Å². The van der Waals surface area contributed by atoms with Crippen molar-refractivity contribution in [2.75, 3.05) is 6.61 Å². The third kappa shape index (κ3) is 3.00. The zero-order valence-corrected chi connectivity index (χ0v) is 13.3. The lowest BCUT2D eigenvalue weighted by molar-refractivity contribution is 0.0835. The molecule has 1 fully saturated rings. The second-order valence-electron chi connectivity index (χ2n) is 5.50. The fraction of sp³-hybridized carbons (Fsp3) is 0.500. The highest BCUT2D eigenvalue weighted by molar-refractivity contribution is 5.92. The SMILES string of the molecule is Cn1c(C(=O)NCc2noc([C@H]3CCCO3)n2)cc(=O)n(C)c1=O. The minimum Gasteiger partial charge on any atom is -0.368 e. The van der Waals surface area contributed by atoms with Gasteiger partial charge in [0.1, 0.15) is 11.8 Å². The first-order valence-corrected chi connectivity index (χ1v) is 7.46. The molecule has 1 N–H and O–H groups in total. The summed E-state index contributed by atoms with van der Waals surface area (Å²) in [4.78, 5) is 39.9. The van der Waals surface area contributed by atoms with Crippen LogP contribution >= 0.6 is 0 Å². The average molecular weight is 335 g/mol. The van der Waals surface area contributed by atoms with E-state index in [1.807, 2.05) is 0 Å². The Balaban J connectivity index is 1.70. The number of nitrogens with zero attached hydrogens (tertiary/aromatic N) is 4. The molecular weight excluding hydrogens is 318 g/mol. The third-order valence-electron chi connectivity index (χ3n) is 3.85. The normalized spacial score (nSPS) is 17.2. The van der Waals surface area contributed by atoms with Crippen LogP contribution in [0.25, 0.3) is 0 Å². The highest BCUT2D eigenvalue weighted by Gasteiger charge is 2.24. The summed E-state index contributed by atoms with van der Waals surface area (Å²) in [7, 11) is 2.76. The zero-order chi connectivity index (χ0) is 17.3. The maximum atomic E-state index is 12.2. The number of rotatable bonds is 4. The first-order valence-electron chi connectivity index (χ1n) is 7.46. The molecule has 1 amide bonds. The van der Waals surface area contributed by atoms with Gasteiger partial charge in [-0.2, -0.15) is 4.98 Å². The molecule has 0 aromatic carbocycles. The van der Waals surface area contributed by atoms with E-state index in [9.17, 15) is 14.4 Å². The minimum atomic E-state index is -0.576. The van der Waals surface area contributed by atoms with Crippen LogP contribution in [-0.4, -0.2) is 31.8 Å². The Kier molecular flexibility index (Phi) is 4.30. The predicted octanol–water partition coefficient (Wildman–Crippen LogP) is -0.751. The van der Waals surface area contributed by atoms with Gasteiger partial charge in [-0.15, -0.1) is 0 Å². The van der Waals surface area contributed by atoms with E-state index in [1.54, 1.807) is 0 Å². The van der Waals surface area contributed by atoms with E-state index in [4.69, 9.17) is 9.26 Å². The molecule has 3 rings (SSSR count). The van der Waals surface area contributed by atoms with Gasteiger partial charge in [0.2, 0.25) is 0 Å². The van der Waals surface area contributed by atoms with Gasteiger partial charge in [0.05, 0.1) is 6.54 Å². The molecule has 1 atom stereocenters. The van der Waals surface area contributed by atoms with E-state index in [-0.39, 0.29) is 18.3 Å². The number of hydrogen-bond acceptors (Lipinski definition) is 7. The van der Waals surface area contributed by atoms with Crippen molar-refractivity contribution < 1.29 is 14.1 Å². The number of hydrogen-bond donors (Lipinski definition) is 1.